The lowest BCUT2D eigenvalue weighted by Crippen LogP contribution is -2.10. The molecular formula is C13H11BrO4S. The number of methoxy groups -OCH3 is 1. The fourth-order valence-corrected chi connectivity index (χ4v) is 2.66. The van der Waals surface area contributed by atoms with Crippen molar-refractivity contribution in [3.8, 4) is 11.5 Å². The monoisotopic (exact) mass is 342 g/mol. The molecule has 0 atom stereocenters. The first kappa shape index (κ1) is 13.9. The minimum atomic E-state index is -3.86. The summed E-state index contributed by atoms with van der Waals surface area (Å²) < 4.78 is 35.1. The van der Waals surface area contributed by atoms with E-state index < -0.39 is 10.1 Å². The summed E-state index contributed by atoms with van der Waals surface area (Å²) in [6.07, 6.45) is 0. The number of para-hydroxylation sites is 2. The van der Waals surface area contributed by atoms with Crippen LogP contribution in [0.15, 0.2) is 57.9 Å². The summed E-state index contributed by atoms with van der Waals surface area (Å²) in [5, 5.41) is 0. The van der Waals surface area contributed by atoms with Gasteiger partial charge < -0.3 is 8.92 Å². The molecule has 0 bridgehead atoms. The van der Waals surface area contributed by atoms with E-state index in [-0.39, 0.29) is 10.6 Å². The van der Waals surface area contributed by atoms with Gasteiger partial charge in [-0.2, -0.15) is 8.42 Å². The Kier molecular flexibility index (Phi) is 4.11. The molecule has 19 heavy (non-hydrogen) atoms. The minimum Gasteiger partial charge on any atom is -0.493 e. The van der Waals surface area contributed by atoms with Crippen LogP contribution in [0.4, 0.5) is 0 Å². The van der Waals surface area contributed by atoms with Gasteiger partial charge in [-0.05, 0) is 36.4 Å². The molecule has 0 fully saturated rings. The van der Waals surface area contributed by atoms with Gasteiger partial charge in [-0.1, -0.05) is 28.1 Å². The van der Waals surface area contributed by atoms with Gasteiger partial charge in [0.1, 0.15) is 4.90 Å². The third kappa shape index (κ3) is 3.27. The average molecular weight is 343 g/mol. The number of rotatable bonds is 4. The molecule has 0 aliphatic rings. The Hall–Kier alpha value is -1.53. The van der Waals surface area contributed by atoms with Gasteiger partial charge in [-0.15, -0.1) is 0 Å². The molecule has 100 valence electrons. The lowest BCUT2D eigenvalue weighted by molar-refractivity contribution is 0.390. The topological polar surface area (TPSA) is 52.6 Å². The van der Waals surface area contributed by atoms with Crippen LogP contribution in [0.25, 0.3) is 0 Å². The minimum absolute atomic E-state index is 0.0848. The Morgan fingerprint density at radius 1 is 0.947 bits per heavy atom. The summed E-state index contributed by atoms with van der Waals surface area (Å²) in [5.74, 6) is 0.524. The van der Waals surface area contributed by atoms with Crippen LogP contribution >= 0.6 is 15.9 Å². The summed E-state index contributed by atoms with van der Waals surface area (Å²) >= 11 is 3.25. The van der Waals surface area contributed by atoms with E-state index in [0.717, 1.165) is 4.47 Å². The van der Waals surface area contributed by atoms with Crippen molar-refractivity contribution in [3.63, 3.8) is 0 Å². The van der Waals surface area contributed by atoms with Crippen molar-refractivity contribution in [2.45, 2.75) is 4.90 Å². The number of benzene rings is 2. The van der Waals surface area contributed by atoms with Gasteiger partial charge >= 0.3 is 10.1 Å². The molecule has 2 rings (SSSR count). The number of halogens is 1. The van der Waals surface area contributed by atoms with Crippen LogP contribution in [-0.4, -0.2) is 15.5 Å². The Balaban J connectivity index is 2.34. The zero-order valence-electron chi connectivity index (χ0n) is 10.0. The SMILES string of the molecule is COc1ccccc1OS(=O)(=O)c1ccc(Br)cc1. The second kappa shape index (κ2) is 5.63. The van der Waals surface area contributed by atoms with Crippen molar-refractivity contribution in [2.24, 2.45) is 0 Å². The zero-order valence-corrected chi connectivity index (χ0v) is 12.4. The van der Waals surface area contributed by atoms with Gasteiger partial charge in [0.05, 0.1) is 7.11 Å². The third-order valence-electron chi connectivity index (χ3n) is 2.37. The summed E-state index contributed by atoms with van der Waals surface area (Å²) in [6, 6.07) is 12.8. The van der Waals surface area contributed by atoms with E-state index in [1.807, 2.05) is 0 Å². The molecule has 0 aliphatic heterocycles. The van der Waals surface area contributed by atoms with E-state index in [4.69, 9.17) is 8.92 Å². The Morgan fingerprint density at radius 2 is 1.53 bits per heavy atom. The summed E-state index contributed by atoms with van der Waals surface area (Å²) in [7, 11) is -2.41. The van der Waals surface area contributed by atoms with Crippen molar-refractivity contribution in [3.05, 3.63) is 53.0 Å². The third-order valence-corrected chi connectivity index (χ3v) is 4.15. The quantitative estimate of drug-likeness (QED) is 0.800. The Morgan fingerprint density at radius 3 is 2.11 bits per heavy atom. The van der Waals surface area contributed by atoms with Gasteiger partial charge in [0, 0.05) is 4.47 Å². The van der Waals surface area contributed by atoms with Crippen molar-refractivity contribution >= 4 is 26.0 Å². The predicted molar refractivity (Wildman–Crippen MR) is 74.9 cm³/mol. The van der Waals surface area contributed by atoms with Crippen molar-refractivity contribution in [1.29, 1.82) is 0 Å². The number of hydrogen-bond acceptors (Lipinski definition) is 4. The maximum Gasteiger partial charge on any atom is 0.339 e. The van der Waals surface area contributed by atoms with E-state index in [1.165, 1.54) is 25.3 Å². The smallest absolute Gasteiger partial charge is 0.339 e. The Bertz CT molecular complexity index is 665. The molecule has 0 heterocycles. The van der Waals surface area contributed by atoms with E-state index in [9.17, 15) is 8.42 Å². The van der Waals surface area contributed by atoms with Crippen molar-refractivity contribution in [1.82, 2.24) is 0 Å². The van der Waals surface area contributed by atoms with Crippen molar-refractivity contribution < 1.29 is 17.3 Å². The van der Waals surface area contributed by atoms with Gasteiger partial charge in [0.2, 0.25) is 0 Å². The lowest BCUT2D eigenvalue weighted by Gasteiger charge is -2.10. The standard InChI is InChI=1S/C13H11BrO4S/c1-17-12-4-2-3-5-13(12)18-19(15,16)11-8-6-10(14)7-9-11/h2-9H,1H3. The molecule has 0 unspecified atom stereocenters. The molecule has 0 radical (unpaired) electrons. The highest BCUT2D eigenvalue weighted by atomic mass is 79.9. The van der Waals surface area contributed by atoms with E-state index in [1.54, 1.807) is 30.3 Å². The van der Waals surface area contributed by atoms with Crippen LogP contribution in [0.1, 0.15) is 0 Å². The predicted octanol–water partition coefficient (Wildman–Crippen LogP) is 3.23. The summed E-state index contributed by atoms with van der Waals surface area (Å²) in [6.45, 7) is 0. The average Bonchev–Trinajstić information content (AvgIpc) is 2.39. The van der Waals surface area contributed by atoms with Crippen LogP contribution < -0.4 is 8.92 Å². The Labute approximate surface area is 120 Å². The fraction of sp³-hybridized carbons (Fsp3) is 0.0769. The highest BCUT2D eigenvalue weighted by Crippen LogP contribution is 2.29. The maximum absolute atomic E-state index is 12.1. The second-order valence-corrected chi connectivity index (χ2v) is 6.10. The van der Waals surface area contributed by atoms with E-state index >= 15 is 0 Å². The molecule has 0 saturated carbocycles. The summed E-state index contributed by atoms with van der Waals surface area (Å²) in [5.41, 5.74) is 0. The van der Waals surface area contributed by atoms with Crippen molar-refractivity contribution in [2.75, 3.05) is 7.11 Å². The maximum atomic E-state index is 12.1. The summed E-state index contributed by atoms with van der Waals surface area (Å²) in [4.78, 5) is 0.0848. The molecule has 2 aromatic carbocycles. The molecule has 0 N–H and O–H groups in total. The number of ether oxygens (including phenoxy) is 1. The first-order chi connectivity index (χ1) is 9.03. The normalized spacial score (nSPS) is 11.1. The van der Waals surface area contributed by atoms with Gasteiger partial charge in [0.25, 0.3) is 0 Å². The van der Waals surface area contributed by atoms with Crippen LogP contribution in [-0.2, 0) is 10.1 Å². The molecule has 0 aromatic heterocycles. The molecule has 6 heteroatoms. The molecule has 0 aliphatic carbocycles. The van der Waals surface area contributed by atoms with Crippen LogP contribution in [0.5, 0.6) is 11.5 Å². The second-order valence-electron chi connectivity index (χ2n) is 3.64. The fourth-order valence-electron chi connectivity index (χ4n) is 1.46. The molecular weight excluding hydrogens is 332 g/mol. The van der Waals surface area contributed by atoms with Crippen LogP contribution in [0, 0.1) is 0 Å². The van der Waals surface area contributed by atoms with Gasteiger partial charge in [-0.25, -0.2) is 0 Å². The molecule has 0 saturated heterocycles. The van der Waals surface area contributed by atoms with E-state index in [0.29, 0.717) is 5.75 Å². The molecule has 4 nitrogen and oxygen atoms in total. The van der Waals surface area contributed by atoms with Gasteiger partial charge in [-0.3, -0.25) is 0 Å². The van der Waals surface area contributed by atoms with Crippen LogP contribution in [0.3, 0.4) is 0 Å². The highest BCUT2D eigenvalue weighted by molar-refractivity contribution is 9.10. The van der Waals surface area contributed by atoms with Gasteiger partial charge in [0.15, 0.2) is 11.5 Å². The van der Waals surface area contributed by atoms with Crippen LogP contribution in [0.2, 0.25) is 0 Å². The molecule has 2 aromatic rings. The largest absolute Gasteiger partial charge is 0.493 e. The number of hydrogen-bond donors (Lipinski definition) is 0. The highest BCUT2D eigenvalue weighted by Gasteiger charge is 2.18. The zero-order chi connectivity index (χ0) is 13.9. The first-order valence-corrected chi connectivity index (χ1v) is 7.56. The van der Waals surface area contributed by atoms with E-state index in [2.05, 4.69) is 15.9 Å². The lowest BCUT2D eigenvalue weighted by atomic mass is 10.3. The molecule has 0 amide bonds. The first-order valence-electron chi connectivity index (χ1n) is 5.36. The molecule has 0 spiro atoms.